The zero-order valence-electron chi connectivity index (χ0n) is 9.50. The Labute approximate surface area is 112 Å². The molecule has 0 unspecified atom stereocenters. The van der Waals surface area contributed by atoms with Crippen LogP contribution >= 0.6 is 11.6 Å². The molecule has 0 radical (unpaired) electrons. The van der Waals surface area contributed by atoms with Crippen molar-refractivity contribution in [2.24, 2.45) is 0 Å². The zero-order chi connectivity index (χ0) is 14.0. The van der Waals surface area contributed by atoms with Crippen LogP contribution in [0.4, 0.5) is 13.2 Å². The van der Waals surface area contributed by atoms with Crippen molar-refractivity contribution in [2.45, 2.75) is 6.18 Å². The number of benzene rings is 2. The van der Waals surface area contributed by atoms with E-state index in [0.717, 1.165) is 12.1 Å². The van der Waals surface area contributed by atoms with Gasteiger partial charge in [-0.25, -0.2) is 0 Å². The molecule has 96 valence electrons. The van der Waals surface area contributed by atoms with Crippen LogP contribution in [0, 0.1) is 11.3 Å². The molecule has 0 N–H and O–H groups in total. The third-order valence-corrected chi connectivity index (χ3v) is 2.77. The van der Waals surface area contributed by atoms with Gasteiger partial charge in [0.05, 0.1) is 17.2 Å². The van der Waals surface area contributed by atoms with Crippen molar-refractivity contribution in [3.63, 3.8) is 0 Å². The molecular weight excluding hydrogens is 275 g/mol. The van der Waals surface area contributed by atoms with Gasteiger partial charge in [0.25, 0.3) is 0 Å². The Morgan fingerprint density at radius 2 is 1.74 bits per heavy atom. The summed E-state index contributed by atoms with van der Waals surface area (Å²) in [5, 5.41) is 9.14. The molecule has 0 atom stereocenters. The van der Waals surface area contributed by atoms with E-state index in [2.05, 4.69) is 0 Å². The molecule has 0 aliphatic carbocycles. The van der Waals surface area contributed by atoms with Gasteiger partial charge in [-0.2, -0.15) is 18.4 Å². The number of hydrogen-bond donors (Lipinski definition) is 0. The van der Waals surface area contributed by atoms with Crippen LogP contribution in [-0.4, -0.2) is 0 Å². The highest BCUT2D eigenvalue weighted by Crippen LogP contribution is 2.33. The van der Waals surface area contributed by atoms with Gasteiger partial charge in [-0.05, 0) is 41.5 Å². The van der Waals surface area contributed by atoms with Crippen LogP contribution in [0.15, 0.2) is 42.5 Å². The summed E-state index contributed by atoms with van der Waals surface area (Å²) in [6.45, 7) is 0. The lowest BCUT2D eigenvalue weighted by molar-refractivity contribution is -0.137. The largest absolute Gasteiger partial charge is 0.416 e. The first-order valence-corrected chi connectivity index (χ1v) is 5.66. The molecule has 1 nitrogen and oxygen atoms in total. The van der Waals surface area contributed by atoms with E-state index in [1.165, 1.54) is 24.3 Å². The lowest BCUT2D eigenvalue weighted by Gasteiger charge is -2.09. The Kier molecular flexibility index (Phi) is 3.50. The van der Waals surface area contributed by atoms with E-state index in [1.54, 1.807) is 6.07 Å². The second-order valence-electron chi connectivity index (χ2n) is 3.92. The second-order valence-corrected chi connectivity index (χ2v) is 4.36. The smallest absolute Gasteiger partial charge is 0.192 e. The van der Waals surface area contributed by atoms with Gasteiger partial charge >= 0.3 is 6.18 Å². The molecule has 2 aromatic rings. The summed E-state index contributed by atoms with van der Waals surface area (Å²) in [4.78, 5) is 0. The number of nitriles is 1. The van der Waals surface area contributed by atoms with Crippen molar-refractivity contribution in [3.05, 3.63) is 58.6 Å². The van der Waals surface area contributed by atoms with Gasteiger partial charge in [0.15, 0.2) is 0 Å². The van der Waals surface area contributed by atoms with Crippen LogP contribution in [0.2, 0.25) is 5.02 Å². The Balaban J connectivity index is 2.54. The Morgan fingerprint density at radius 3 is 2.37 bits per heavy atom. The van der Waals surface area contributed by atoms with Crippen LogP contribution < -0.4 is 0 Å². The van der Waals surface area contributed by atoms with Gasteiger partial charge in [0.2, 0.25) is 0 Å². The highest BCUT2D eigenvalue weighted by Gasteiger charge is 2.30. The molecule has 5 heteroatoms. The quantitative estimate of drug-likeness (QED) is 0.729. The summed E-state index contributed by atoms with van der Waals surface area (Å²) in [6, 6.07) is 11.3. The lowest BCUT2D eigenvalue weighted by atomic mass is 10.0. The number of nitrogens with zero attached hydrogens (tertiary/aromatic N) is 1. The highest BCUT2D eigenvalue weighted by atomic mass is 35.5. The number of halogens is 4. The van der Waals surface area contributed by atoms with Crippen molar-refractivity contribution < 1.29 is 13.2 Å². The van der Waals surface area contributed by atoms with Crippen molar-refractivity contribution in [1.82, 2.24) is 0 Å². The van der Waals surface area contributed by atoms with E-state index in [9.17, 15) is 13.2 Å². The number of alkyl halides is 3. The maximum absolute atomic E-state index is 12.6. The number of rotatable bonds is 1. The Bertz CT molecular complexity index is 656. The zero-order valence-corrected chi connectivity index (χ0v) is 10.3. The van der Waals surface area contributed by atoms with Gasteiger partial charge in [-0.1, -0.05) is 23.7 Å². The first-order valence-electron chi connectivity index (χ1n) is 5.28. The fourth-order valence-corrected chi connectivity index (χ4v) is 1.93. The SMILES string of the molecule is N#Cc1cc(Cl)cc(-c2cccc(C(F)(F)F)c2)c1. The maximum atomic E-state index is 12.6. The minimum Gasteiger partial charge on any atom is -0.192 e. The molecule has 0 amide bonds. The molecule has 2 rings (SSSR count). The summed E-state index contributed by atoms with van der Waals surface area (Å²) < 4.78 is 37.9. The van der Waals surface area contributed by atoms with Crippen LogP contribution in [0.3, 0.4) is 0 Å². The number of hydrogen-bond acceptors (Lipinski definition) is 1. The molecule has 0 fully saturated rings. The van der Waals surface area contributed by atoms with Gasteiger partial charge in [-0.3, -0.25) is 0 Å². The van der Waals surface area contributed by atoms with Gasteiger partial charge in [0.1, 0.15) is 0 Å². The predicted molar refractivity (Wildman–Crippen MR) is 66.6 cm³/mol. The molecular formula is C14H7ClF3N. The van der Waals surface area contributed by atoms with Crippen LogP contribution in [-0.2, 0) is 6.18 Å². The van der Waals surface area contributed by atoms with Gasteiger partial charge < -0.3 is 0 Å². The van der Waals surface area contributed by atoms with Crippen molar-refractivity contribution in [3.8, 4) is 17.2 Å². The maximum Gasteiger partial charge on any atom is 0.416 e. The highest BCUT2D eigenvalue weighted by molar-refractivity contribution is 6.31. The van der Waals surface area contributed by atoms with E-state index in [-0.39, 0.29) is 0 Å². The third kappa shape index (κ3) is 3.07. The van der Waals surface area contributed by atoms with Gasteiger partial charge in [0, 0.05) is 5.02 Å². The van der Waals surface area contributed by atoms with E-state index in [0.29, 0.717) is 21.7 Å². The van der Waals surface area contributed by atoms with Crippen LogP contribution in [0.5, 0.6) is 0 Å². The fourth-order valence-electron chi connectivity index (χ4n) is 1.70. The Morgan fingerprint density at radius 1 is 1.00 bits per heavy atom. The normalized spacial score (nSPS) is 11.1. The molecule has 0 saturated heterocycles. The van der Waals surface area contributed by atoms with E-state index < -0.39 is 11.7 Å². The minimum absolute atomic E-state index is 0.305. The average molecular weight is 282 g/mol. The van der Waals surface area contributed by atoms with Crippen LogP contribution in [0.25, 0.3) is 11.1 Å². The second kappa shape index (κ2) is 4.94. The summed E-state index contributed by atoms with van der Waals surface area (Å²) >= 11 is 5.84. The van der Waals surface area contributed by atoms with E-state index in [4.69, 9.17) is 16.9 Å². The van der Waals surface area contributed by atoms with Crippen LogP contribution in [0.1, 0.15) is 11.1 Å². The first-order chi connectivity index (χ1) is 8.90. The lowest BCUT2D eigenvalue weighted by Crippen LogP contribution is -2.04. The monoisotopic (exact) mass is 281 g/mol. The summed E-state index contributed by atoms with van der Waals surface area (Å²) in [5.41, 5.74) is 0.423. The standard InChI is InChI=1S/C14H7ClF3N/c15-13-5-9(8-19)4-11(7-13)10-2-1-3-12(6-10)14(16,17)18/h1-7H. The predicted octanol–water partition coefficient (Wildman–Crippen LogP) is 4.90. The average Bonchev–Trinajstić information content (AvgIpc) is 2.37. The van der Waals surface area contributed by atoms with Crippen molar-refractivity contribution >= 4 is 11.6 Å². The minimum atomic E-state index is -4.40. The summed E-state index contributed by atoms with van der Waals surface area (Å²) in [7, 11) is 0. The van der Waals surface area contributed by atoms with E-state index in [1.807, 2.05) is 6.07 Å². The molecule has 0 aliphatic rings. The molecule has 0 spiro atoms. The Hall–Kier alpha value is -1.99. The molecule has 2 aromatic carbocycles. The van der Waals surface area contributed by atoms with E-state index >= 15 is 0 Å². The molecule has 0 bridgehead atoms. The summed E-state index contributed by atoms with van der Waals surface area (Å²) in [6.07, 6.45) is -4.40. The van der Waals surface area contributed by atoms with Crippen molar-refractivity contribution in [2.75, 3.05) is 0 Å². The topological polar surface area (TPSA) is 23.8 Å². The molecule has 0 aliphatic heterocycles. The molecule has 19 heavy (non-hydrogen) atoms. The molecule has 0 saturated carbocycles. The first kappa shape index (κ1) is 13.4. The third-order valence-electron chi connectivity index (χ3n) is 2.55. The van der Waals surface area contributed by atoms with Gasteiger partial charge in [-0.15, -0.1) is 0 Å². The van der Waals surface area contributed by atoms with Crippen molar-refractivity contribution in [1.29, 1.82) is 5.26 Å². The molecule has 0 aromatic heterocycles. The molecule has 0 heterocycles. The summed E-state index contributed by atoms with van der Waals surface area (Å²) in [5.74, 6) is 0. The fraction of sp³-hybridized carbons (Fsp3) is 0.0714.